The molecule has 5 aromatic rings. The highest BCUT2D eigenvalue weighted by Gasteiger charge is 2.21. The van der Waals surface area contributed by atoms with Crippen LogP contribution in [0.3, 0.4) is 0 Å². The zero-order chi connectivity index (χ0) is 25.0. The summed E-state index contributed by atoms with van der Waals surface area (Å²) in [6, 6.07) is 5.58. The van der Waals surface area contributed by atoms with Gasteiger partial charge in [0.1, 0.15) is 11.6 Å². The Kier molecular flexibility index (Phi) is 5.16. The molecule has 10 nitrogen and oxygen atoms in total. The molecule has 0 aliphatic rings. The standard InChI is InChI=1S/C25H25N7O3/c1-13-7-15(24(33)26-3)10-28-23(13)32-22-17-8-16(18-12-30(4)29-14(18)2)21(35-6)9-19(17)27-11-20(22)31(5)25(32)34/h7-12H,1-6H3,(H,26,33). The molecule has 0 saturated carbocycles. The van der Waals surface area contributed by atoms with Gasteiger partial charge in [0.05, 0.1) is 41.1 Å². The van der Waals surface area contributed by atoms with Crippen LogP contribution in [0.25, 0.3) is 38.9 Å². The van der Waals surface area contributed by atoms with Gasteiger partial charge < -0.3 is 10.1 Å². The Balaban J connectivity index is 1.87. The number of aromatic nitrogens is 6. The average molecular weight is 472 g/mol. The number of amides is 1. The molecule has 178 valence electrons. The Bertz CT molecular complexity index is 1710. The minimum Gasteiger partial charge on any atom is -0.496 e. The van der Waals surface area contributed by atoms with Crippen molar-refractivity contribution in [2.45, 2.75) is 13.8 Å². The number of carbonyl (C=O) groups excluding carboxylic acids is 1. The molecule has 0 radical (unpaired) electrons. The maximum Gasteiger partial charge on any atom is 0.334 e. The largest absolute Gasteiger partial charge is 0.496 e. The summed E-state index contributed by atoms with van der Waals surface area (Å²) in [5, 5.41) is 7.84. The summed E-state index contributed by atoms with van der Waals surface area (Å²) in [5.74, 6) is 0.876. The van der Waals surface area contributed by atoms with Crippen LogP contribution in [0.1, 0.15) is 21.6 Å². The highest BCUT2D eigenvalue weighted by molar-refractivity contribution is 6.06. The lowest BCUT2D eigenvalue weighted by atomic mass is 10.0. The normalized spacial score (nSPS) is 11.4. The molecule has 0 spiro atoms. The first-order chi connectivity index (χ1) is 16.7. The summed E-state index contributed by atoms with van der Waals surface area (Å²) in [6.45, 7) is 3.77. The van der Waals surface area contributed by atoms with Crippen molar-refractivity contribution in [2.75, 3.05) is 14.2 Å². The van der Waals surface area contributed by atoms with Crippen molar-refractivity contribution >= 4 is 27.8 Å². The van der Waals surface area contributed by atoms with Crippen molar-refractivity contribution in [3.63, 3.8) is 0 Å². The molecule has 4 heterocycles. The predicted molar refractivity (Wildman–Crippen MR) is 133 cm³/mol. The molecule has 0 bridgehead atoms. The molecule has 0 aliphatic heterocycles. The number of nitrogens with one attached hydrogen (secondary N) is 1. The maximum absolute atomic E-state index is 13.4. The SMILES string of the molecule is CNC(=O)c1cnc(-n2c(=O)n(C)c3cnc4cc(OC)c(-c5cn(C)nc5C)cc4c32)c(C)c1. The number of pyridine rings is 2. The number of benzene rings is 1. The van der Waals surface area contributed by atoms with Crippen LogP contribution in [-0.4, -0.2) is 48.9 Å². The summed E-state index contributed by atoms with van der Waals surface area (Å²) in [5.41, 5.74) is 5.52. The molecule has 0 saturated heterocycles. The van der Waals surface area contributed by atoms with Crippen molar-refractivity contribution in [2.24, 2.45) is 14.1 Å². The highest BCUT2D eigenvalue weighted by atomic mass is 16.5. The van der Waals surface area contributed by atoms with Gasteiger partial charge in [-0.1, -0.05) is 0 Å². The Morgan fingerprint density at radius 3 is 2.46 bits per heavy atom. The molecule has 0 aliphatic carbocycles. The molecule has 1 N–H and O–H groups in total. The van der Waals surface area contributed by atoms with E-state index in [2.05, 4.69) is 20.4 Å². The zero-order valence-corrected chi connectivity index (χ0v) is 20.4. The molecule has 0 atom stereocenters. The minimum atomic E-state index is -0.257. The van der Waals surface area contributed by atoms with Crippen molar-refractivity contribution in [3.8, 4) is 22.7 Å². The first-order valence-corrected chi connectivity index (χ1v) is 11.0. The van der Waals surface area contributed by atoms with Gasteiger partial charge >= 0.3 is 5.69 Å². The fraction of sp³-hybridized carbons (Fsp3) is 0.240. The van der Waals surface area contributed by atoms with E-state index in [4.69, 9.17) is 4.74 Å². The number of carbonyl (C=O) groups is 1. The van der Waals surface area contributed by atoms with Crippen LogP contribution in [0.2, 0.25) is 0 Å². The van der Waals surface area contributed by atoms with E-state index in [0.29, 0.717) is 39.2 Å². The van der Waals surface area contributed by atoms with E-state index < -0.39 is 0 Å². The molecule has 35 heavy (non-hydrogen) atoms. The van der Waals surface area contributed by atoms with Crippen LogP contribution in [0.4, 0.5) is 0 Å². The number of hydrogen-bond donors (Lipinski definition) is 1. The molecule has 4 aromatic heterocycles. The molecule has 10 heteroatoms. The van der Waals surface area contributed by atoms with Crippen molar-refractivity contribution in [1.82, 2.24) is 34.2 Å². The van der Waals surface area contributed by atoms with Crippen molar-refractivity contribution < 1.29 is 9.53 Å². The Hall–Kier alpha value is -4.47. The topological polar surface area (TPSA) is 109 Å². The zero-order valence-electron chi connectivity index (χ0n) is 20.4. The van der Waals surface area contributed by atoms with Gasteiger partial charge in [-0.2, -0.15) is 5.10 Å². The van der Waals surface area contributed by atoms with Crippen molar-refractivity contribution in [3.05, 3.63) is 64.1 Å². The predicted octanol–water partition coefficient (Wildman–Crippen LogP) is 2.66. The molecule has 1 amide bonds. The lowest BCUT2D eigenvalue weighted by molar-refractivity contribution is 0.0962. The number of methoxy groups -OCH3 is 1. The quantitative estimate of drug-likeness (QED) is 0.432. The average Bonchev–Trinajstić information content (AvgIpc) is 3.32. The van der Waals surface area contributed by atoms with Crippen LogP contribution in [0.5, 0.6) is 5.75 Å². The number of nitrogens with zero attached hydrogens (tertiary/aromatic N) is 6. The van der Waals surface area contributed by atoms with E-state index in [-0.39, 0.29) is 11.6 Å². The number of imidazole rings is 1. The molecule has 5 rings (SSSR count). The third-order valence-electron chi connectivity index (χ3n) is 6.26. The monoisotopic (exact) mass is 471 g/mol. The summed E-state index contributed by atoms with van der Waals surface area (Å²) < 4.78 is 10.6. The Labute approximate surface area is 200 Å². The van der Waals surface area contributed by atoms with Gasteiger partial charge in [-0.05, 0) is 31.5 Å². The second kappa shape index (κ2) is 8.08. The highest BCUT2D eigenvalue weighted by Crippen LogP contribution is 2.37. The van der Waals surface area contributed by atoms with E-state index in [1.54, 1.807) is 47.3 Å². The van der Waals surface area contributed by atoms with Crippen LogP contribution < -0.4 is 15.7 Å². The third kappa shape index (κ3) is 3.37. The van der Waals surface area contributed by atoms with Gasteiger partial charge in [0.15, 0.2) is 0 Å². The second-order valence-electron chi connectivity index (χ2n) is 8.48. The van der Waals surface area contributed by atoms with E-state index in [0.717, 1.165) is 22.2 Å². The first kappa shape index (κ1) is 22.3. The molecular weight excluding hydrogens is 446 g/mol. The van der Waals surface area contributed by atoms with E-state index >= 15 is 0 Å². The molecule has 0 unspecified atom stereocenters. The van der Waals surface area contributed by atoms with Gasteiger partial charge in [0, 0.05) is 56.1 Å². The smallest absolute Gasteiger partial charge is 0.334 e. The number of ether oxygens (including phenoxy) is 1. The van der Waals surface area contributed by atoms with E-state index in [1.807, 2.05) is 39.2 Å². The van der Waals surface area contributed by atoms with Crippen LogP contribution in [0.15, 0.2) is 41.6 Å². The minimum absolute atomic E-state index is 0.240. The summed E-state index contributed by atoms with van der Waals surface area (Å²) in [7, 11) is 6.76. The maximum atomic E-state index is 13.4. The molecule has 1 aromatic carbocycles. The van der Waals surface area contributed by atoms with Crippen LogP contribution in [0, 0.1) is 13.8 Å². The van der Waals surface area contributed by atoms with Gasteiger partial charge in [-0.25, -0.2) is 14.3 Å². The fourth-order valence-corrected chi connectivity index (χ4v) is 4.53. The first-order valence-electron chi connectivity index (χ1n) is 11.0. The van der Waals surface area contributed by atoms with Crippen LogP contribution in [-0.2, 0) is 14.1 Å². The van der Waals surface area contributed by atoms with Gasteiger partial charge in [0.2, 0.25) is 0 Å². The van der Waals surface area contributed by atoms with Gasteiger partial charge in [-0.15, -0.1) is 0 Å². The Morgan fingerprint density at radius 1 is 1.06 bits per heavy atom. The molecular formula is C25H25N7O3. The summed E-state index contributed by atoms with van der Waals surface area (Å²) >= 11 is 0. The number of fused-ring (bicyclic) bond motifs is 3. The number of aryl methyl sites for hydroxylation is 4. The lowest BCUT2D eigenvalue weighted by Gasteiger charge is -2.12. The van der Waals surface area contributed by atoms with Gasteiger partial charge in [-0.3, -0.25) is 19.0 Å². The third-order valence-corrected chi connectivity index (χ3v) is 6.26. The van der Waals surface area contributed by atoms with Crippen molar-refractivity contribution in [1.29, 1.82) is 0 Å². The van der Waals surface area contributed by atoms with E-state index in [1.165, 1.54) is 6.20 Å². The number of rotatable bonds is 4. The Morgan fingerprint density at radius 2 is 1.83 bits per heavy atom. The van der Waals surface area contributed by atoms with E-state index in [9.17, 15) is 9.59 Å². The summed E-state index contributed by atoms with van der Waals surface area (Å²) in [6.07, 6.45) is 5.09. The van der Waals surface area contributed by atoms with Crippen LogP contribution >= 0.6 is 0 Å². The summed E-state index contributed by atoms with van der Waals surface area (Å²) in [4.78, 5) is 34.6. The molecule has 0 fully saturated rings. The lowest BCUT2D eigenvalue weighted by Crippen LogP contribution is -2.23. The fourth-order valence-electron chi connectivity index (χ4n) is 4.53. The number of hydrogen-bond acceptors (Lipinski definition) is 6. The second-order valence-corrected chi connectivity index (χ2v) is 8.48. The van der Waals surface area contributed by atoms with Gasteiger partial charge in [0.25, 0.3) is 5.91 Å².